The lowest BCUT2D eigenvalue weighted by atomic mass is 10.1. The molecule has 1 aliphatic rings. The van der Waals surface area contributed by atoms with Gasteiger partial charge < -0.3 is 39.9 Å². The minimum absolute atomic E-state index is 0.0295. The standard InChI is InChI=1S/C21H19F3N6O5/c1-25-16-13-10(21(22,23)24)8-26-17(13)29-20(28-16)27-11-3-2-9(12-14(31)19(33)35-15(11)12)18(32)30-4-6-34-7-5-30/h2-3,8,31,33H,4-7H2,1H3,(H3,25,26,27,28,29). The number of nitrogens with zero attached hydrogens (tertiary/aromatic N) is 3. The van der Waals surface area contributed by atoms with E-state index in [-0.39, 0.29) is 50.9 Å². The van der Waals surface area contributed by atoms with Crippen LogP contribution in [0.1, 0.15) is 15.9 Å². The fourth-order valence-corrected chi connectivity index (χ4v) is 4.00. The first kappa shape index (κ1) is 22.6. The summed E-state index contributed by atoms with van der Waals surface area (Å²) in [5.41, 5.74) is -0.785. The molecule has 1 aromatic carbocycles. The van der Waals surface area contributed by atoms with Crippen LogP contribution in [0.3, 0.4) is 0 Å². The molecule has 11 nitrogen and oxygen atoms in total. The maximum absolute atomic E-state index is 13.4. The Kier molecular flexibility index (Phi) is 5.31. The second-order valence-electron chi connectivity index (χ2n) is 7.72. The average molecular weight is 492 g/mol. The number of rotatable bonds is 4. The molecule has 5 N–H and O–H groups in total. The fourth-order valence-electron chi connectivity index (χ4n) is 4.00. The molecule has 1 amide bonds. The Labute approximate surface area is 194 Å². The number of anilines is 3. The summed E-state index contributed by atoms with van der Waals surface area (Å²) in [5, 5.41) is 25.6. The fraction of sp³-hybridized carbons (Fsp3) is 0.286. The maximum atomic E-state index is 13.4. The number of aromatic hydroxyl groups is 2. The Morgan fingerprint density at radius 2 is 1.91 bits per heavy atom. The van der Waals surface area contributed by atoms with E-state index in [1.54, 1.807) is 4.90 Å². The van der Waals surface area contributed by atoms with E-state index >= 15 is 0 Å². The topological polar surface area (TPSA) is 149 Å². The number of aromatic amines is 1. The Morgan fingerprint density at radius 1 is 1.17 bits per heavy atom. The number of nitrogens with one attached hydrogen (secondary N) is 3. The molecule has 1 fully saturated rings. The van der Waals surface area contributed by atoms with Crippen molar-refractivity contribution in [2.45, 2.75) is 6.18 Å². The van der Waals surface area contributed by atoms with Gasteiger partial charge in [0.25, 0.3) is 5.91 Å². The van der Waals surface area contributed by atoms with Crippen LogP contribution >= 0.6 is 0 Å². The summed E-state index contributed by atoms with van der Waals surface area (Å²) in [7, 11) is 1.42. The first-order valence-electron chi connectivity index (χ1n) is 10.4. The zero-order valence-electron chi connectivity index (χ0n) is 18.2. The number of fused-ring (bicyclic) bond motifs is 2. The summed E-state index contributed by atoms with van der Waals surface area (Å²) in [6.07, 6.45) is -3.81. The van der Waals surface area contributed by atoms with E-state index in [1.807, 2.05) is 0 Å². The lowest BCUT2D eigenvalue weighted by Crippen LogP contribution is -2.40. The number of H-pyrrole nitrogens is 1. The molecule has 4 heterocycles. The largest absolute Gasteiger partial charge is 0.501 e. The highest BCUT2D eigenvalue weighted by Gasteiger charge is 2.35. The van der Waals surface area contributed by atoms with Crippen LogP contribution in [0.5, 0.6) is 11.7 Å². The number of furan rings is 1. The third kappa shape index (κ3) is 3.80. The summed E-state index contributed by atoms with van der Waals surface area (Å²) < 4.78 is 50.6. The molecule has 184 valence electrons. The summed E-state index contributed by atoms with van der Waals surface area (Å²) in [6.45, 7) is 1.47. The third-order valence-corrected chi connectivity index (χ3v) is 5.64. The lowest BCUT2D eigenvalue weighted by molar-refractivity contribution is -0.136. The van der Waals surface area contributed by atoms with Crippen molar-refractivity contribution in [1.29, 1.82) is 0 Å². The van der Waals surface area contributed by atoms with Gasteiger partial charge in [-0.1, -0.05) is 0 Å². The van der Waals surface area contributed by atoms with Crippen LogP contribution in [0.15, 0.2) is 22.7 Å². The molecule has 35 heavy (non-hydrogen) atoms. The molecule has 0 atom stereocenters. The number of carbonyl (C=O) groups is 1. The Morgan fingerprint density at radius 3 is 2.60 bits per heavy atom. The van der Waals surface area contributed by atoms with E-state index in [4.69, 9.17) is 9.15 Å². The van der Waals surface area contributed by atoms with Crippen LogP contribution in [0.4, 0.5) is 30.6 Å². The number of benzene rings is 1. The molecule has 0 spiro atoms. The number of ether oxygens (including phenoxy) is 1. The molecule has 4 aromatic rings. The van der Waals surface area contributed by atoms with Crippen LogP contribution in [0.25, 0.3) is 22.0 Å². The van der Waals surface area contributed by atoms with Crippen LogP contribution in [-0.2, 0) is 10.9 Å². The van der Waals surface area contributed by atoms with Crippen molar-refractivity contribution in [2.24, 2.45) is 0 Å². The number of hydrogen-bond acceptors (Lipinski definition) is 9. The summed E-state index contributed by atoms with van der Waals surface area (Å²) >= 11 is 0. The number of carbonyl (C=O) groups excluding carboxylic acids is 1. The van der Waals surface area contributed by atoms with Crippen molar-refractivity contribution in [1.82, 2.24) is 19.9 Å². The van der Waals surface area contributed by atoms with Crippen molar-refractivity contribution in [3.63, 3.8) is 0 Å². The number of amides is 1. The third-order valence-electron chi connectivity index (χ3n) is 5.64. The van der Waals surface area contributed by atoms with Crippen molar-refractivity contribution in [3.05, 3.63) is 29.5 Å². The van der Waals surface area contributed by atoms with Gasteiger partial charge in [-0.25, -0.2) is 0 Å². The molecular formula is C21H19F3N6O5. The van der Waals surface area contributed by atoms with Gasteiger partial charge in [0, 0.05) is 26.3 Å². The summed E-state index contributed by atoms with van der Waals surface area (Å²) in [5.74, 6) is -1.97. The van der Waals surface area contributed by atoms with Crippen molar-refractivity contribution < 1.29 is 37.3 Å². The highest BCUT2D eigenvalue weighted by Crippen LogP contribution is 2.44. The predicted octanol–water partition coefficient (Wildman–Crippen LogP) is 3.39. The zero-order valence-corrected chi connectivity index (χ0v) is 18.2. The second-order valence-corrected chi connectivity index (χ2v) is 7.72. The minimum atomic E-state index is -4.61. The highest BCUT2D eigenvalue weighted by atomic mass is 19.4. The SMILES string of the molecule is CNc1nc(Nc2ccc(C(=O)N3CCOCC3)c3c(O)c(O)oc23)nc2[nH]cc(C(F)(F)F)c12. The van der Waals surface area contributed by atoms with Crippen LogP contribution in [-0.4, -0.2) is 69.3 Å². The Hall–Kier alpha value is -4.20. The maximum Gasteiger partial charge on any atom is 0.418 e. The minimum Gasteiger partial charge on any atom is -0.501 e. The number of halogens is 3. The summed E-state index contributed by atoms with van der Waals surface area (Å²) in [6, 6.07) is 2.89. The summed E-state index contributed by atoms with van der Waals surface area (Å²) in [4.78, 5) is 25.3. The number of alkyl halides is 3. The smallest absolute Gasteiger partial charge is 0.418 e. The molecule has 0 bridgehead atoms. The van der Waals surface area contributed by atoms with Gasteiger partial charge >= 0.3 is 12.1 Å². The molecule has 3 aromatic heterocycles. The molecular weight excluding hydrogens is 473 g/mol. The van der Waals surface area contributed by atoms with Gasteiger partial charge in [0.1, 0.15) is 11.5 Å². The van der Waals surface area contributed by atoms with E-state index in [9.17, 15) is 28.2 Å². The molecule has 0 saturated carbocycles. The molecule has 1 aliphatic heterocycles. The van der Waals surface area contributed by atoms with Gasteiger partial charge in [-0.3, -0.25) is 4.79 Å². The highest BCUT2D eigenvalue weighted by molar-refractivity contribution is 6.12. The van der Waals surface area contributed by atoms with E-state index in [0.29, 0.717) is 26.3 Å². The first-order chi connectivity index (χ1) is 16.7. The molecule has 0 aliphatic carbocycles. The monoisotopic (exact) mass is 492 g/mol. The predicted molar refractivity (Wildman–Crippen MR) is 118 cm³/mol. The number of morpholine rings is 1. The molecule has 0 radical (unpaired) electrons. The normalized spacial score (nSPS) is 14.6. The number of hydrogen-bond donors (Lipinski definition) is 5. The van der Waals surface area contributed by atoms with Crippen molar-refractivity contribution in [3.8, 4) is 11.7 Å². The van der Waals surface area contributed by atoms with E-state index in [2.05, 4.69) is 25.6 Å². The van der Waals surface area contributed by atoms with Gasteiger partial charge in [-0.15, -0.1) is 0 Å². The quantitative estimate of drug-likeness (QED) is 0.289. The van der Waals surface area contributed by atoms with Crippen molar-refractivity contribution >= 4 is 45.4 Å². The molecule has 14 heteroatoms. The Bertz CT molecular complexity index is 1440. The first-order valence-corrected chi connectivity index (χ1v) is 10.4. The van der Waals surface area contributed by atoms with Gasteiger partial charge in [-0.2, -0.15) is 23.1 Å². The van der Waals surface area contributed by atoms with Gasteiger partial charge in [-0.05, 0) is 12.1 Å². The van der Waals surface area contributed by atoms with Crippen LogP contribution in [0, 0.1) is 0 Å². The zero-order chi connectivity index (χ0) is 24.9. The van der Waals surface area contributed by atoms with E-state index < -0.39 is 23.4 Å². The number of aromatic nitrogens is 3. The molecule has 0 unspecified atom stereocenters. The average Bonchev–Trinajstić information content (AvgIpc) is 3.40. The van der Waals surface area contributed by atoms with Gasteiger partial charge in [0.05, 0.1) is 40.8 Å². The van der Waals surface area contributed by atoms with E-state index in [1.165, 1.54) is 19.2 Å². The Balaban J connectivity index is 1.57. The van der Waals surface area contributed by atoms with Crippen LogP contribution < -0.4 is 10.6 Å². The van der Waals surface area contributed by atoms with Gasteiger partial charge in [0.15, 0.2) is 5.58 Å². The van der Waals surface area contributed by atoms with Crippen molar-refractivity contribution in [2.75, 3.05) is 44.0 Å². The lowest BCUT2D eigenvalue weighted by Gasteiger charge is -2.27. The van der Waals surface area contributed by atoms with Gasteiger partial charge in [0.2, 0.25) is 11.7 Å². The molecule has 5 rings (SSSR count). The second kappa shape index (κ2) is 8.23. The van der Waals surface area contributed by atoms with E-state index in [0.717, 1.165) is 6.20 Å². The van der Waals surface area contributed by atoms with Crippen LogP contribution in [0.2, 0.25) is 0 Å². The molecule has 1 saturated heterocycles.